The molecule has 7 heteroatoms. The lowest BCUT2D eigenvalue weighted by Crippen LogP contribution is -2.08. The van der Waals surface area contributed by atoms with Crippen LogP contribution >= 0.6 is 0 Å². The molecule has 0 saturated heterocycles. The summed E-state index contributed by atoms with van der Waals surface area (Å²) < 4.78 is 21.7. The summed E-state index contributed by atoms with van der Waals surface area (Å²) in [5.41, 5.74) is 3.26. The number of benzene rings is 1. The number of aryl methyl sites for hydroxylation is 3. The molecule has 0 radical (unpaired) electrons. The molecule has 0 amide bonds. The molecule has 3 rings (SSSR count). The third-order valence-corrected chi connectivity index (χ3v) is 4.54. The predicted octanol–water partition coefficient (Wildman–Crippen LogP) is 4.06. The van der Waals surface area contributed by atoms with E-state index in [1.54, 1.807) is 30.6 Å². The van der Waals surface area contributed by atoms with E-state index < -0.39 is 5.97 Å². The van der Waals surface area contributed by atoms with E-state index in [9.17, 15) is 4.79 Å². The molecule has 1 aromatic carbocycles. The van der Waals surface area contributed by atoms with Gasteiger partial charge in [-0.3, -0.25) is 4.98 Å². The van der Waals surface area contributed by atoms with Crippen molar-refractivity contribution in [2.45, 2.75) is 33.3 Å². The molecule has 0 N–H and O–H groups in total. The second-order valence-corrected chi connectivity index (χ2v) is 6.55. The standard InChI is InChI=1S/C22H24N2O5/c1-15-19(16(2)29-24-15)14-28-20-7-6-18(13-21(20)26-3)22(25)27-12-4-5-17-8-10-23-11-9-17/h6-11,13H,4-5,12,14H2,1-3H3. The lowest BCUT2D eigenvalue weighted by Gasteiger charge is -2.12. The maximum absolute atomic E-state index is 12.3. The van der Waals surface area contributed by atoms with Crippen LogP contribution in [0.5, 0.6) is 11.5 Å². The van der Waals surface area contributed by atoms with Gasteiger partial charge in [0.05, 0.1) is 30.5 Å². The van der Waals surface area contributed by atoms with Crippen LogP contribution in [0.2, 0.25) is 0 Å². The Kier molecular flexibility index (Phi) is 6.84. The third-order valence-electron chi connectivity index (χ3n) is 4.54. The first kappa shape index (κ1) is 20.4. The monoisotopic (exact) mass is 396 g/mol. The van der Waals surface area contributed by atoms with E-state index in [1.165, 1.54) is 7.11 Å². The summed E-state index contributed by atoms with van der Waals surface area (Å²) in [6, 6.07) is 8.89. The smallest absolute Gasteiger partial charge is 0.338 e. The van der Waals surface area contributed by atoms with Gasteiger partial charge in [-0.2, -0.15) is 0 Å². The molecule has 2 heterocycles. The maximum atomic E-state index is 12.3. The van der Waals surface area contributed by atoms with Crippen molar-refractivity contribution in [3.8, 4) is 11.5 Å². The van der Waals surface area contributed by atoms with Gasteiger partial charge in [0.1, 0.15) is 12.4 Å². The molecule has 2 aromatic heterocycles. The second kappa shape index (κ2) is 9.73. The van der Waals surface area contributed by atoms with E-state index in [0.717, 1.165) is 29.7 Å². The lowest BCUT2D eigenvalue weighted by molar-refractivity contribution is 0.0500. The van der Waals surface area contributed by atoms with Crippen molar-refractivity contribution < 1.29 is 23.5 Å². The number of carbonyl (C=O) groups excluding carboxylic acids is 1. The predicted molar refractivity (Wildman–Crippen MR) is 106 cm³/mol. The molecule has 0 aliphatic heterocycles. The van der Waals surface area contributed by atoms with Crippen LogP contribution < -0.4 is 9.47 Å². The Hall–Kier alpha value is -3.35. The Bertz CT molecular complexity index is 934. The van der Waals surface area contributed by atoms with Crippen molar-refractivity contribution in [1.82, 2.24) is 10.1 Å². The summed E-state index contributed by atoms with van der Waals surface area (Å²) in [4.78, 5) is 16.3. The highest BCUT2D eigenvalue weighted by Crippen LogP contribution is 2.29. The van der Waals surface area contributed by atoms with Crippen molar-refractivity contribution in [3.63, 3.8) is 0 Å². The number of methoxy groups -OCH3 is 1. The molecule has 0 unspecified atom stereocenters. The molecule has 0 atom stereocenters. The Morgan fingerprint density at radius 2 is 1.90 bits per heavy atom. The average molecular weight is 396 g/mol. The van der Waals surface area contributed by atoms with Gasteiger partial charge >= 0.3 is 5.97 Å². The topological polar surface area (TPSA) is 83.7 Å². The van der Waals surface area contributed by atoms with Gasteiger partial charge < -0.3 is 18.7 Å². The minimum atomic E-state index is -0.393. The van der Waals surface area contributed by atoms with Crippen LogP contribution in [-0.2, 0) is 17.8 Å². The number of nitrogens with zero attached hydrogens (tertiary/aromatic N) is 2. The zero-order chi connectivity index (χ0) is 20.6. The van der Waals surface area contributed by atoms with E-state index in [2.05, 4.69) is 10.1 Å². The molecule has 7 nitrogen and oxygen atoms in total. The highest BCUT2D eigenvalue weighted by molar-refractivity contribution is 5.90. The highest BCUT2D eigenvalue weighted by atomic mass is 16.5. The van der Waals surface area contributed by atoms with Crippen molar-refractivity contribution >= 4 is 5.97 Å². The van der Waals surface area contributed by atoms with E-state index in [-0.39, 0.29) is 0 Å². The van der Waals surface area contributed by atoms with Crippen LogP contribution in [0.3, 0.4) is 0 Å². The number of ether oxygens (including phenoxy) is 3. The summed E-state index contributed by atoms with van der Waals surface area (Å²) in [7, 11) is 1.53. The first-order valence-electron chi connectivity index (χ1n) is 9.37. The summed E-state index contributed by atoms with van der Waals surface area (Å²) in [6.07, 6.45) is 5.07. The molecule has 152 valence electrons. The van der Waals surface area contributed by atoms with Crippen molar-refractivity contribution in [3.05, 3.63) is 70.9 Å². The Labute approximate surface area is 169 Å². The number of carbonyl (C=O) groups is 1. The minimum absolute atomic E-state index is 0.302. The first-order valence-corrected chi connectivity index (χ1v) is 9.37. The fourth-order valence-electron chi connectivity index (χ4n) is 2.85. The molecule has 0 bridgehead atoms. The van der Waals surface area contributed by atoms with Gasteiger partial charge in [-0.1, -0.05) is 5.16 Å². The SMILES string of the molecule is COc1cc(C(=O)OCCCc2ccncc2)ccc1OCc1c(C)noc1C. The summed E-state index contributed by atoms with van der Waals surface area (Å²) in [5, 5.41) is 3.91. The lowest BCUT2D eigenvalue weighted by atomic mass is 10.1. The molecule has 0 aliphatic rings. The largest absolute Gasteiger partial charge is 0.493 e. The summed E-state index contributed by atoms with van der Waals surface area (Å²) in [5.74, 6) is 1.31. The van der Waals surface area contributed by atoms with Gasteiger partial charge in [-0.15, -0.1) is 0 Å². The fourth-order valence-corrected chi connectivity index (χ4v) is 2.85. The molecule has 3 aromatic rings. The van der Waals surface area contributed by atoms with Crippen molar-refractivity contribution in [2.24, 2.45) is 0 Å². The van der Waals surface area contributed by atoms with Gasteiger partial charge in [0.2, 0.25) is 0 Å². The molecule has 0 spiro atoms. The van der Waals surface area contributed by atoms with Crippen LogP contribution in [-0.4, -0.2) is 29.8 Å². The van der Waals surface area contributed by atoms with E-state index in [4.69, 9.17) is 18.7 Å². The van der Waals surface area contributed by atoms with Crippen molar-refractivity contribution in [1.29, 1.82) is 0 Å². The van der Waals surface area contributed by atoms with E-state index >= 15 is 0 Å². The van der Waals surface area contributed by atoms with E-state index in [0.29, 0.717) is 36.0 Å². The summed E-state index contributed by atoms with van der Waals surface area (Å²) in [6.45, 7) is 4.34. The number of hydrogen-bond donors (Lipinski definition) is 0. The third kappa shape index (κ3) is 5.34. The van der Waals surface area contributed by atoms with E-state index in [1.807, 2.05) is 26.0 Å². The minimum Gasteiger partial charge on any atom is -0.493 e. The molecule has 0 saturated carbocycles. The first-order chi connectivity index (χ1) is 14.1. The molecule has 29 heavy (non-hydrogen) atoms. The Balaban J connectivity index is 1.55. The fraction of sp³-hybridized carbons (Fsp3) is 0.318. The Morgan fingerprint density at radius 1 is 1.10 bits per heavy atom. The number of aromatic nitrogens is 2. The zero-order valence-electron chi connectivity index (χ0n) is 16.8. The molecular weight excluding hydrogens is 372 g/mol. The second-order valence-electron chi connectivity index (χ2n) is 6.55. The molecule has 0 fully saturated rings. The summed E-state index contributed by atoms with van der Waals surface area (Å²) >= 11 is 0. The van der Waals surface area contributed by atoms with Gasteiger partial charge in [-0.05, 0) is 62.6 Å². The number of rotatable bonds is 9. The molecule has 0 aliphatic carbocycles. The van der Waals surface area contributed by atoms with Crippen LogP contribution in [0.15, 0.2) is 47.2 Å². The molecular formula is C22H24N2O5. The van der Waals surface area contributed by atoms with Gasteiger partial charge in [0.25, 0.3) is 0 Å². The van der Waals surface area contributed by atoms with Crippen molar-refractivity contribution in [2.75, 3.05) is 13.7 Å². The number of pyridine rings is 1. The normalized spacial score (nSPS) is 10.6. The van der Waals surface area contributed by atoms with Crippen LogP contribution in [0.1, 0.15) is 39.4 Å². The quantitative estimate of drug-likeness (QED) is 0.398. The average Bonchev–Trinajstić information content (AvgIpc) is 3.07. The van der Waals surface area contributed by atoms with Gasteiger partial charge in [0, 0.05) is 12.4 Å². The Morgan fingerprint density at radius 3 is 2.59 bits per heavy atom. The number of hydrogen-bond acceptors (Lipinski definition) is 7. The van der Waals surface area contributed by atoms with Crippen LogP contribution in [0, 0.1) is 13.8 Å². The van der Waals surface area contributed by atoms with Gasteiger partial charge in [0.15, 0.2) is 11.5 Å². The maximum Gasteiger partial charge on any atom is 0.338 e. The van der Waals surface area contributed by atoms with Crippen LogP contribution in [0.4, 0.5) is 0 Å². The zero-order valence-corrected chi connectivity index (χ0v) is 16.8. The number of esters is 1. The van der Waals surface area contributed by atoms with Gasteiger partial charge in [-0.25, -0.2) is 4.79 Å². The highest BCUT2D eigenvalue weighted by Gasteiger charge is 2.15. The van der Waals surface area contributed by atoms with Crippen LogP contribution in [0.25, 0.3) is 0 Å².